The smallest absolute Gasteiger partial charge is 0.191 e. The third-order valence-corrected chi connectivity index (χ3v) is 3.30. The van der Waals surface area contributed by atoms with E-state index in [2.05, 4.69) is 20.6 Å². The Morgan fingerprint density at radius 2 is 1.79 bits per heavy atom. The predicted molar refractivity (Wildman–Crippen MR) is 107 cm³/mol. The fraction of sp³-hybridized carbons (Fsp3) is 0.294. The zero-order valence-corrected chi connectivity index (χ0v) is 16.4. The highest BCUT2D eigenvalue weighted by molar-refractivity contribution is 14.0. The largest absolute Gasteiger partial charge is 0.363 e. The van der Waals surface area contributed by atoms with Gasteiger partial charge in [-0.3, -0.25) is 4.99 Å². The lowest BCUT2D eigenvalue weighted by atomic mass is 10.2. The molecular weight excluding hydrogens is 420 g/mol. The average molecular weight is 443 g/mol. The van der Waals surface area contributed by atoms with Crippen molar-refractivity contribution < 1.29 is 4.39 Å². The number of anilines is 1. The summed E-state index contributed by atoms with van der Waals surface area (Å²) in [4.78, 5) is 10.4. The fourth-order valence-electron chi connectivity index (χ4n) is 2.05. The summed E-state index contributed by atoms with van der Waals surface area (Å²) in [5.74, 6) is 1.34. The van der Waals surface area contributed by atoms with Gasteiger partial charge in [-0.15, -0.1) is 24.0 Å². The summed E-state index contributed by atoms with van der Waals surface area (Å²) in [5, 5.41) is 6.40. The van der Waals surface area contributed by atoms with E-state index >= 15 is 0 Å². The molecule has 0 aliphatic rings. The minimum atomic E-state index is -0.236. The normalized spacial score (nSPS) is 10.8. The lowest BCUT2D eigenvalue weighted by Gasteiger charge is -2.14. The molecule has 2 N–H and O–H groups in total. The van der Waals surface area contributed by atoms with Crippen molar-refractivity contribution in [3.63, 3.8) is 0 Å². The highest BCUT2D eigenvalue weighted by atomic mass is 127. The number of hydrogen-bond acceptors (Lipinski definition) is 3. The number of pyridine rings is 1. The van der Waals surface area contributed by atoms with E-state index < -0.39 is 0 Å². The van der Waals surface area contributed by atoms with Gasteiger partial charge in [0.1, 0.15) is 11.6 Å². The van der Waals surface area contributed by atoms with Crippen LogP contribution in [0.25, 0.3) is 0 Å². The molecule has 0 saturated carbocycles. The quantitative estimate of drug-likeness (QED) is 0.424. The highest BCUT2D eigenvalue weighted by Gasteiger charge is 2.02. The molecule has 2 rings (SSSR count). The maximum Gasteiger partial charge on any atom is 0.191 e. The van der Waals surface area contributed by atoms with E-state index in [4.69, 9.17) is 0 Å². The topological polar surface area (TPSA) is 52.6 Å². The van der Waals surface area contributed by atoms with E-state index in [-0.39, 0.29) is 29.8 Å². The van der Waals surface area contributed by atoms with Gasteiger partial charge in [-0.05, 0) is 35.4 Å². The minimum Gasteiger partial charge on any atom is -0.363 e. The van der Waals surface area contributed by atoms with Crippen LogP contribution in [0, 0.1) is 5.82 Å². The van der Waals surface area contributed by atoms with Crippen molar-refractivity contribution in [2.45, 2.75) is 13.1 Å². The first-order chi connectivity index (χ1) is 11.1. The fourth-order valence-corrected chi connectivity index (χ4v) is 2.05. The number of aliphatic imine (C=N–C) groups is 1. The van der Waals surface area contributed by atoms with E-state index in [9.17, 15) is 4.39 Å². The molecule has 0 saturated heterocycles. The van der Waals surface area contributed by atoms with Crippen LogP contribution in [0.3, 0.4) is 0 Å². The van der Waals surface area contributed by atoms with E-state index in [0.29, 0.717) is 19.0 Å². The summed E-state index contributed by atoms with van der Waals surface area (Å²) >= 11 is 0. The molecule has 0 unspecified atom stereocenters. The molecule has 0 aliphatic carbocycles. The second-order valence-electron chi connectivity index (χ2n) is 5.33. The van der Waals surface area contributed by atoms with Gasteiger partial charge >= 0.3 is 0 Å². The molecule has 0 radical (unpaired) electrons. The molecule has 5 nitrogen and oxygen atoms in total. The number of hydrogen-bond donors (Lipinski definition) is 2. The van der Waals surface area contributed by atoms with Gasteiger partial charge in [0.2, 0.25) is 0 Å². The second kappa shape index (κ2) is 10.1. The number of nitrogens with one attached hydrogen (secondary N) is 2. The van der Waals surface area contributed by atoms with Crippen LogP contribution in [0.5, 0.6) is 0 Å². The number of aromatic nitrogens is 1. The number of halogens is 2. The Kier molecular flexibility index (Phi) is 8.45. The van der Waals surface area contributed by atoms with Crippen molar-refractivity contribution in [3.8, 4) is 0 Å². The number of nitrogens with zero attached hydrogens (tertiary/aromatic N) is 3. The van der Waals surface area contributed by atoms with Crippen LogP contribution in [-0.4, -0.2) is 32.1 Å². The van der Waals surface area contributed by atoms with Crippen LogP contribution in [0.15, 0.2) is 47.6 Å². The summed E-state index contributed by atoms with van der Waals surface area (Å²) in [6.45, 7) is 1.14. The molecule has 2 aromatic rings. The maximum absolute atomic E-state index is 13.2. The Labute approximate surface area is 159 Å². The maximum atomic E-state index is 13.2. The number of guanidine groups is 1. The standard InChI is InChI=1S/C17H22FN5.HI/c1-19-17(21-11-13-5-4-6-15(18)9-13)22-12-14-7-8-20-16(10-14)23(2)3;/h4-10H,11-12H2,1-3H3,(H2,19,21,22);1H. The Bertz CT molecular complexity index is 676. The Balaban J connectivity index is 0.00000288. The van der Waals surface area contributed by atoms with Crippen molar-refractivity contribution >= 4 is 35.8 Å². The zero-order valence-electron chi connectivity index (χ0n) is 14.1. The second-order valence-corrected chi connectivity index (χ2v) is 5.33. The lowest BCUT2D eigenvalue weighted by molar-refractivity contribution is 0.624. The first-order valence-electron chi connectivity index (χ1n) is 7.39. The van der Waals surface area contributed by atoms with Crippen molar-refractivity contribution in [2.24, 2.45) is 4.99 Å². The first-order valence-corrected chi connectivity index (χ1v) is 7.39. The Morgan fingerprint density at radius 3 is 2.38 bits per heavy atom. The van der Waals surface area contributed by atoms with Gasteiger partial charge < -0.3 is 15.5 Å². The van der Waals surface area contributed by atoms with Crippen LogP contribution < -0.4 is 15.5 Å². The van der Waals surface area contributed by atoms with E-state index in [1.807, 2.05) is 37.2 Å². The van der Waals surface area contributed by atoms with Gasteiger partial charge in [0, 0.05) is 40.4 Å². The Morgan fingerprint density at radius 1 is 1.12 bits per heavy atom. The van der Waals surface area contributed by atoms with Crippen molar-refractivity contribution in [1.82, 2.24) is 15.6 Å². The molecule has 1 heterocycles. The lowest BCUT2D eigenvalue weighted by Crippen LogP contribution is -2.36. The molecule has 1 aromatic carbocycles. The summed E-state index contributed by atoms with van der Waals surface area (Å²) in [6.07, 6.45) is 1.79. The Hall–Kier alpha value is -1.90. The molecule has 0 aliphatic heterocycles. The SMILES string of the molecule is CN=C(NCc1cccc(F)c1)NCc1ccnc(N(C)C)c1.I. The van der Waals surface area contributed by atoms with E-state index in [1.54, 1.807) is 19.3 Å². The van der Waals surface area contributed by atoms with Gasteiger partial charge in [0.25, 0.3) is 0 Å². The number of benzene rings is 1. The van der Waals surface area contributed by atoms with Gasteiger partial charge in [-0.2, -0.15) is 0 Å². The summed E-state index contributed by atoms with van der Waals surface area (Å²) in [6, 6.07) is 10.5. The molecule has 130 valence electrons. The predicted octanol–water partition coefficient (Wildman–Crippen LogP) is 2.77. The molecule has 0 spiro atoms. The van der Waals surface area contributed by atoms with Gasteiger partial charge in [-0.1, -0.05) is 12.1 Å². The van der Waals surface area contributed by atoms with Gasteiger partial charge in [0.15, 0.2) is 5.96 Å². The van der Waals surface area contributed by atoms with Crippen molar-refractivity contribution in [1.29, 1.82) is 0 Å². The van der Waals surface area contributed by atoms with Gasteiger partial charge in [-0.25, -0.2) is 9.37 Å². The summed E-state index contributed by atoms with van der Waals surface area (Å²) < 4.78 is 13.2. The van der Waals surface area contributed by atoms with E-state index in [1.165, 1.54) is 12.1 Å². The molecule has 0 fully saturated rings. The molecule has 1 aromatic heterocycles. The van der Waals surface area contributed by atoms with Crippen LogP contribution >= 0.6 is 24.0 Å². The first kappa shape index (κ1) is 20.1. The monoisotopic (exact) mass is 443 g/mol. The van der Waals surface area contributed by atoms with Crippen molar-refractivity contribution in [3.05, 3.63) is 59.5 Å². The molecule has 7 heteroatoms. The van der Waals surface area contributed by atoms with Crippen molar-refractivity contribution in [2.75, 3.05) is 26.0 Å². The van der Waals surface area contributed by atoms with Crippen LogP contribution in [-0.2, 0) is 13.1 Å². The average Bonchev–Trinajstić information content (AvgIpc) is 2.55. The van der Waals surface area contributed by atoms with E-state index in [0.717, 1.165) is 16.9 Å². The third kappa shape index (κ3) is 6.31. The zero-order chi connectivity index (χ0) is 16.7. The summed E-state index contributed by atoms with van der Waals surface area (Å²) in [7, 11) is 5.62. The highest BCUT2D eigenvalue weighted by Crippen LogP contribution is 2.09. The molecule has 0 atom stereocenters. The molecule has 0 bridgehead atoms. The minimum absolute atomic E-state index is 0. The third-order valence-electron chi connectivity index (χ3n) is 3.30. The van der Waals surface area contributed by atoms with Crippen LogP contribution in [0.4, 0.5) is 10.2 Å². The number of rotatable bonds is 5. The molecule has 24 heavy (non-hydrogen) atoms. The molecule has 0 amide bonds. The van der Waals surface area contributed by atoms with Crippen LogP contribution in [0.2, 0.25) is 0 Å². The van der Waals surface area contributed by atoms with Crippen LogP contribution in [0.1, 0.15) is 11.1 Å². The summed E-state index contributed by atoms with van der Waals surface area (Å²) in [5.41, 5.74) is 1.98. The molecular formula is C17H23FIN5. The van der Waals surface area contributed by atoms with Gasteiger partial charge in [0.05, 0.1) is 0 Å².